The second-order valence-electron chi connectivity index (χ2n) is 6.95. The van der Waals surface area contributed by atoms with Crippen molar-refractivity contribution >= 4 is 16.9 Å². The minimum atomic E-state index is 0.0536. The predicted octanol–water partition coefficient (Wildman–Crippen LogP) is 5.08. The van der Waals surface area contributed by atoms with Crippen LogP contribution in [0.5, 0.6) is 5.75 Å². The van der Waals surface area contributed by atoms with Crippen molar-refractivity contribution in [3.05, 3.63) is 72.6 Å². The van der Waals surface area contributed by atoms with Crippen LogP contribution in [0.25, 0.3) is 28.1 Å². The molecule has 0 bridgehead atoms. The molecule has 2 aromatic carbocycles. The van der Waals surface area contributed by atoms with E-state index in [1.165, 1.54) is 0 Å². The van der Waals surface area contributed by atoms with Gasteiger partial charge in [-0.05, 0) is 57.2 Å². The molecule has 0 unspecified atom stereocenters. The van der Waals surface area contributed by atoms with Crippen LogP contribution in [0.3, 0.4) is 0 Å². The molecule has 0 amide bonds. The van der Waals surface area contributed by atoms with E-state index in [0.29, 0.717) is 5.56 Å². The number of nitrogens with zero attached hydrogens (tertiary/aromatic N) is 3. The van der Waals surface area contributed by atoms with Crippen molar-refractivity contribution in [2.24, 2.45) is 0 Å². The Morgan fingerprint density at radius 1 is 0.964 bits per heavy atom. The zero-order valence-electron chi connectivity index (χ0n) is 16.1. The third kappa shape index (κ3) is 3.51. The van der Waals surface area contributed by atoms with Crippen molar-refractivity contribution < 1.29 is 9.53 Å². The van der Waals surface area contributed by atoms with Gasteiger partial charge in [0.15, 0.2) is 11.4 Å². The zero-order chi connectivity index (χ0) is 19.7. The number of rotatable bonds is 5. The molecule has 0 N–H and O–H groups in total. The van der Waals surface area contributed by atoms with Gasteiger partial charge in [-0.1, -0.05) is 24.3 Å². The highest BCUT2D eigenvalue weighted by Crippen LogP contribution is 2.24. The van der Waals surface area contributed by atoms with Gasteiger partial charge in [0.2, 0.25) is 0 Å². The van der Waals surface area contributed by atoms with E-state index >= 15 is 0 Å². The van der Waals surface area contributed by atoms with Crippen LogP contribution in [0.2, 0.25) is 0 Å². The van der Waals surface area contributed by atoms with Gasteiger partial charge < -0.3 is 4.74 Å². The molecular weight excluding hydrogens is 350 g/mol. The van der Waals surface area contributed by atoms with Gasteiger partial charge in [0.25, 0.3) is 0 Å². The monoisotopic (exact) mass is 371 g/mol. The highest BCUT2D eigenvalue weighted by atomic mass is 16.5. The molecule has 5 heteroatoms. The first-order valence-electron chi connectivity index (χ1n) is 9.24. The Balaban J connectivity index is 1.71. The second kappa shape index (κ2) is 7.27. The van der Waals surface area contributed by atoms with Gasteiger partial charge in [0, 0.05) is 16.8 Å². The standard InChI is InChI=1S/C23H21N3O2/c1-15(2)28-20-10-8-19(9-11-20)26-14-24-22-13-12-21(25-23(22)26)18-6-4-17(5-7-18)16(3)27/h4-15H,1-3H3. The number of imidazole rings is 1. The number of Topliss-reactive ketones (excluding diaryl/α,β-unsaturated/α-hetero) is 1. The average molecular weight is 371 g/mol. The molecule has 0 atom stereocenters. The maximum Gasteiger partial charge on any atom is 0.165 e. The topological polar surface area (TPSA) is 57.0 Å². The van der Waals surface area contributed by atoms with Crippen molar-refractivity contribution in [3.8, 4) is 22.7 Å². The lowest BCUT2D eigenvalue weighted by Gasteiger charge is -2.10. The molecule has 0 fully saturated rings. The van der Waals surface area contributed by atoms with Gasteiger partial charge in [-0.3, -0.25) is 9.36 Å². The summed E-state index contributed by atoms with van der Waals surface area (Å²) in [4.78, 5) is 20.8. The molecule has 0 aliphatic carbocycles. The minimum Gasteiger partial charge on any atom is -0.491 e. The molecule has 2 aromatic heterocycles. The molecule has 4 aromatic rings. The predicted molar refractivity (Wildman–Crippen MR) is 110 cm³/mol. The summed E-state index contributed by atoms with van der Waals surface area (Å²) in [5.41, 5.74) is 5.07. The molecule has 0 saturated carbocycles. The van der Waals surface area contributed by atoms with Crippen LogP contribution in [0.4, 0.5) is 0 Å². The summed E-state index contributed by atoms with van der Waals surface area (Å²) >= 11 is 0. The highest BCUT2D eigenvalue weighted by Gasteiger charge is 2.10. The van der Waals surface area contributed by atoms with Crippen LogP contribution in [0, 0.1) is 0 Å². The van der Waals surface area contributed by atoms with E-state index in [2.05, 4.69) is 4.98 Å². The Morgan fingerprint density at radius 3 is 2.32 bits per heavy atom. The van der Waals surface area contributed by atoms with Gasteiger partial charge in [-0.15, -0.1) is 0 Å². The summed E-state index contributed by atoms with van der Waals surface area (Å²) in [6.07, 6.45) is 1.91. The SMILES string of the molecule is CC(=O)c1ccc(-c2ccc3ncn(-c4ccc(OC(C)C)cc4)c3n2)cc1. The molecule has 2 heterocycles. The second-order valence-corrected chi connectivity index (χ2v) is 6.95. The van der Waals surface area contributed by atoms with Gasteiger partial charge >= 0.3 is 0 Å². The maximum atomic E-state index is 11.5. The van der Waals surface area contributed by atoms with E-state index in [1.807, 2.05) is 79.1 Å². The number of pyridine rings is 1. The molecule has 0 spiro atoms. The number of hydrogen-bond donors (Lipinski definition) is 0. The van der Waals surface area contributed by atoms with Crippen molar-refractivity contribution in [2.75, 3.05) is 0 Å². The molecule has 28 heavy (non-hydrogen) atoms. The molecule has 0 saturated heterocycles. The molecule has 140 valence electrons. The molecular formula is C23H21N3O2. The molecule has 5 nitrogen and oxygen atoms in total. The molecule has 0 radical (unpaired) electrons. The van der Waals surface area contributed by atoms with Crippen LogP contribution >= 0.6 is 0 Å². The van der Waals surface area contributed by atoms with Gasteiger partial charge in [0.05, 0.1) is 11.8 Å². The van der Waals surface area contributed by atoms with Crippen LogP contribution in [-0.2, 0) is 0 Å². The van der Waals surface area contributed by atoms with E-state index in [4.69, 9.17) is 9.72 Å². The summed E-state index contributed by atoms with van der Waals surface area (Å²) in [6.45, 7) is 5.58. The highest BCUT2D eigenvalue weighted by molar-refractivity contribution is 5.94. The Bertz CT molecular complexity index is 1130. The molecule has 0 aliphatic heterocycles. The fourth-order valence-corrected chi connectivity index (χ4v) is 3.08. The Morgan fingerprint density at radius 2 is 1.68 bits per heavy atom. The first-order valence-corrected chi connectivity index (χ1v) is 9.24. The quantitative estimate of drug-likeness (QED) is 0.459. The lowest BCUT2D eigenvalue weighted by molar-refractivity contribution is 0.101. The Kier molecular flexibility index (Phi) is 4.65. The summed E-state index contributed by atoms with van der Waals surface area (Å²) in [7, 11) is 0. The van der Waals surface area contributed by atoms with E-state index in [0.717, 1.165) is 33.9 Å². The minimum absolute atomic E-state index is 0.0536. The van der Waals surface area contributed by atoms with Gasteiger partial charge in [0.1, 0.15) is 17.6 Å². The number of carbonyl (C=O) groups is 1. The van der Waals surface area contributed by atoms with Crippen LogP contribution in [0.15, 0.2) is 67.0 Å². The normalized spacial score (nSPS) is 11.1. The summed E-state index contributed by atoms with van der Waals surface area (Å²) in [5, 5.41) is 0. The number of ether oxygens (including phenoxy) is 1. The largest absolute Gasteiger partial charge is 0.491 e. The summed E-state index contributed by atoms with van der Waals surface area (Å²) < 4.78 is 7.67. The van der Waals surface area contributed by atoms with Gasteiger partial charge in [-0.25, -0.2) is 9.97 Å². The molecule has 4 rings (SSSR count). The first-order chi connectivity index (χ1) is 13.5. The molecule has 0 aliphatic rings. The average Bonchev–Trinajstić information content (AvgIpc) is 3.11. The van der Waals surface area contributed by atoms with Crippen LogP contribution in [-0.4, -0.2) is 26.4 Å². The van der Waals surface area contributed by atoms with Crippen LogP contribution in [0.1, 0.15) is 31.1 Å². The number of fused-ring (bicyclic) bond motifs is 1. The number of benzene rings is 2. The van der Waals surface area contributed by atoms with Crippen molar-refractivity contribution in [2.45, 2.75) is 26.9 Å². The lowest BCUT2D eigenvalue weighted by atomic mass is 10.1. The Labute approximate surface area is 163 Å². The third-order valence-corrected chi connectivity index (χ3v) is 4.47. The smallest absolute Gasteiger partial charge is 0.165 e. The number of carbonyl (C=O) groups excluding carboxylic acids is 1. The fraction of sp³-hybridized carbons (Fsp3) is 0.174. The zero-order valence-corrected chi connectivity index (χ0v) is 16.1. The van der Waals surface area contributed by atoms with Crippen molar-refractivity contribution in [3.63, 3.8) is 0 Å². The number of aromatic nitrogens is 3. The fourth-order valence-electron chi connectivity index (χ4n) is 3.08. The van der Waals surface area contributed by atoms with E-state index < -0.39 is 0 Å². The first kappa shape index (κ1) is 17.9. The van der Waals surface area contributed by atoms with Crippen molar-refractivity contribution in [1.82, 2.24) is 14.5 Å². The Hall–Kier alpha value is -3.47. The van der Waals surface area contributed by atoms with E-state index in [1.54, 1.807) is 13.3 Å². The summed E-state index contributed by atoms with van der Waals surface area (Å²) in [5.74, 6) is 0.889. The number of hydrogen-bond acceptors (Lipinski definition) is 4. The van der Waals surface area contributed by atoms with Gasteiger partial charge in [-0.2, -0.15) is 0 Å². The maximum absolute atomic E-state index is 11.5. The number of ketones is 1. The van der Waals surface area contributed by atoms with E-state index in [-0.39, 0.29) is 11.9 Å². The third-order valence-electron chi connectivity index (χ3n) is 4.47. The van der Waals surface area contributed by atoms with Crippen molar-refractivity contribution in [1.29, 1.82) is 0 Å². The van der Waals surface area contributed by atoms with E-state index in [9.17, 15) is 4.79 Å². The van der Waals surface area contributed by atoms with Crippen LogP contribution < -0.4 is 4.74 Å². The summed E-state index contributed by atoms with van der Waals surface area (Å²) in [6, 6.07) is 19.3. The lowest BCUT2D eigenvalue weighted by Crippen LogP contribution is -2.05.